The molecule has 0 aliphatic rings. The zero-order valence-electron chi connectivity index (χ0n) is 14.3. The molecule has 0 spiro atoms. The standard InChI is InChI=1S/C17H27N3O3.HI/c1-4-8-18-17(19-9-10-22-3)20-12-15(21)13-23-16-7-5-6-14(2)11-16;/h4-7,11,15,21H,1,8-10,12-13H2,2-3H3,(H2,18,19,20);1H. The number of hydrogen-bond donors (Lipinski definition) is 3. The lowest BCUT2D eigenvalue weighted by Crippen LogP contribution is -2.40. The first-order chi connectivity index (χ1) is 11.2. The Labute approximate surface area is 161 Å². The molecule has 0 saturated heterocycles. The van der Waals surface area contributed by atoms with Crippen LogP contribution in [-0.2, 0) is 4.74 Å². The molecule has 0 radical (unpaired) electrons. The molecule has 0 aliphatic heterocycles. The minimum atomic E-state index is -0.680. The molecule has 0 aromatic heterocycles. The van der Waals surface area contributed by atoms with E-state index in [0.29, 0.717) is 25.7 Å². The highest BCUT2D eigenvalue weighted by Crippen LogP contribution is 2.12. The maximum atomic E-state index is 9.99. The number of hydrogen-bond acceptors (Lipinski definition) is 4. The van der Waals surface area contributed by atoms with Crippen molar-refractivity contribution in [3.8, 4) is 5.75 Å². The highest BCUT2D eigenvalue weighted by Gasteiger charge is 2.06. The molecule has 1 atom stereocenters. The summed E-state index contributed by atoms with van der Waals surface area (Å²) in [5.74, 6) is 1.35. The first-order valence-corrected chi connectivity index (χ1v) is 7.65. The Morgan fingerprint density at radius 1 is 1.42 bits per heavy atom. The van der Waals surface area contributed by atoms with Crippen LogP contribution in [0, 0.1) is 6.92 Å². The molecule has 0 bridgehead atoms. The van der Waals surface area contributed by atoms with Gasteiger partial charge in [0.25, 0.3) is 0 Å². The highest BCUT2D eigenvalue weighted by molar-refractivity contribution is 14.0. The second kappa shape index (κ2) is 14.1. The van der Waals surface area contributed by atoms with Crippen LogP contribution >= 0.6 is 24.0 Å². The lowest BCUT2D eigenvalue weighted by Gasteiger charge is -2.14. The quantitative estimate of drug-likeness (QED) is 0.167. The van der Waals surface area contributed by atoms with Crippen molar-refractivity contribution in [1.29, 1.82) is 0 Å². The third kappa shape index (κ3) is 10.5. The van der Waals surface area contributed by atoms with Crippen molar-refractivity contribution in [2.24, 2.45) is 4.99 Å². The number of aliphatic hydroxyl groups excluding tert-OH is 1. The summed E-state index contributed by atoms with van der Waals surface area (Å²) < 4.78 is 10.5. The molecule has 0 heterocycles. The summed E-state index contributed by atoms with van der Waals surface area (Å²) in [5, 5.41) is 16.2. The van der Waals surface area contributed by atoms with Gasteiger partial charge in [0.05, 0.1) is 13.2 Å². The molecule has 1 aromatic rings. The van der Waals surface area contributed by atoms with E-state index in [4.69, 9.17) is 9.47 Å². The van der Waals surface area contributed by atoms with Crippen molar-refractivity contribution in [2.75, 3.05) is 40.0 Å². The van der Waals surface area contributed by atoms with Gasteiger partial charge in [0.2, 0.25) is 0 Å². The lowest BCUT2D eigenvalue weighted by atomic mass is 10.2. The summed E-state index contributed by atoms with van der Waals surface area (Å²) >= 11 is 0. The third-order valence-corrected chi connectivity index (χ3v) is 2.90. The monoisotopic (exact) mass is 449 g/mol. The van der Waals surface area contributed by atoms with Crippen LogP contribution in [0.4, 0.5) is 0 Å². The number of aliphatic imine (C=N–C) groups is 1. The number of nitrogens with one attached hydrogen (secondary N) is 2. The zero-order valence-corrected chi connectivity index (χ0v) is 16.7. The molecule has 3 N–H and O–H groups in total. The van der Waals surface area contributed by atoms with Gasteiger partial charge in [-0.1, -0.05) is 18.2 Å². The summed E-state index contributed by atoms with van der Waals surface area (Å²) in [4.78, 5) is 4.32. The van der Waals surface area contributed by atoms with Gasteiger partial charge in [-0.3, -0.25) is 4.99 Å². The summed E-state index contributed by atoms with van der Waals surface area (Å²) in [7, 11) is 1.64. The molecule has 0 aliphatic carbocycles. The first-order valence-electron chi connectivity index (χ1n) is 7.65. The van der Waals surface area contributed by atoms with Gasteiger partial charge in [-0.2, -0.15) is 0 Å². The maximum absolute atomic E-state index is 9.99. The van der Waals surface area contributed by atoms with Crippen LogP contribution in [0.25, 0.3) is 0 Å². The third-order valence-electron chi connectivity index (χ3n) is 2.90. The van der Waals surface area contributed by atoms with Crippen LogP contribution in [-0.4, -0.2) is 57.1 Å². The summed E-state index contributed by atoms with van der Waals surface area (Å²) in [5.41, 5.74) is 1.12. The first kappa shape index (κ1) is 22.7. The Bertz CT molecular complexity index is 498. The smallest absolute Gasteiger partial charge is 0.191 e. The minimum absolute atomic E-state index is 0. The highest BCUT2D eigenvalue weighted by atomic mass is 127. The zero-order chi connectivity index (χ0) is 16.9. The number of rotatable bonds is 10. The van der Waals surface area contributed by atoms with Crippen LogP contribution in [0.3, 0.4) is 0 Å². The Balaban J connectivity index is 0.00000529. The molecule has 1 unspecified atom stereocenters. The Morgan fingerprint density at radius 3 is 2.88 bits per heavy atom. The van der Waals surface area contributed by atoms with E-state index in [1.165, 1.54) is 0 Å². The fourth-order valence-electron chi connectivity index (χ4n) is 1.76. The van der Waals surface area contributed by atoms with E-state index in [1.807, 2.05) is 31.2 Å². The average Bonchev–Trinajstić information content (AvgIpc) is 2.55. The van der Waals surface area contributed by atoms with E-state index in [-0.39, 0.29) is 37.1 Å². The SMILES string of the molecule is C=CCNC(=NCC(O)COc1cccc(C)c1)NCCOC.I. The molecule has 1 aromatic carbocycles. The molecule has 24 heavy (non-hydrogen) atoms. The number of guanidine groups is 1. The van der Waals surface area contributed by atoms with Crippen molar-refractivity contribution < 1.29 is 14.6 Å². The van der Waals surface area contributed by atoms with E-state index in [0.717, 1.165) is 11.3 Å². The van der Waals surface area contributed by atoms with Crippen molar-refractivity contribution >= 4 is 29.9 Å². The number of benzene rings is 1. The predicted molar refractivity (Wildman–Crippen MR) is 108 cm³/mol. The molecule has 0 saturated carbocycles. The van der Waals surface area contributed by atoms with E-state index < -0.39 is 6.10 Å². The topological polar surface area (TPSA) is 75.1 Å². The van der Waals surface area contributed by atoms with Crippen molar-refractivity contribution in [3.63, 3.8) is 0 Å². The lowest BCUT2D eigenvalue weighted by molar-refractivity contribution is 0.114. The second-order valence-corrected chi connectivity index (χ2v) is 5.06. The van der Waals surface area contributed by atoms with Gasteiger partial charge in [-0.15, -0.1) is 30.6 Å². The van der Waals surface area contributed by atoms with Crippen molar-refractivity contribution in [2.45, 2.75) is 13.0 Å². The Hall–Kier alpha value is -1.32. The van der Waals surface area contributed by atoms with E-state index in [1.54, 1.807) is 13.2 Å². The molecule has 7 heteroatoms. The number of halogens is 1. The number of ether oxygens (including phenoxy) is 2. The molecule has 0 fully saturated rings. The van der Waals surface area contributed by atoms with Gasteiger partial charge < -0.3 is 25.2 Å². The summed E-state index contributed by atoms with van der Waals surface area (Å²) in [6, 6.07) is 7.72. The molecule has 6 nitrogen and oxygen atoms in total. The van der Waals surface area contributed by atoms with Crippen LogP contribution in [0.1, 0.15) is 5.56 Å². The summed E-state index contributed by atoms with van der Waals surface area (Å²) in [6.45, 7) is 7.89. The molecular weight excluding hydrogens is 421 g/mol. The largest absolute Gasteiger partial charge is 0.491 e. The van der Waals surface area contributed by atoms with Crippen molar-refractivity contribution in [1.82, 2.24) is 10.6 Å². The normalized spacial score (nSPS) is 12.0. The molecule has 136 valence electrons. The van der Waals surface area contributed by atoms with Gasteiger partial charge >= 0.3 is 0 Å². The van der Waals surface area contributed by atoms with Crippen LogP contribution in [0.2, 0.25) is 0 Å². The number of methoxy groups -OCH3 is 1. The fraction of sp³-hybridized carbons (Fsp3) is 0.471. The number of aliphatic hydroxyl groups is 1. The van der Waals surface area contributed by atoms with Crippen molar-refractivity contribution in [3.05, 3.63) is 42.5 Å². The van der Waals surface area contributed by atoms with E-state index >= 15 is 0 Å². The van der Waals surface area contributed by atoms with E-state index in [2.05, 4.69) is 22.2 Å². The number of nitrogens with zero attached hydrogens (tertiary/aromatic N) is 1. The molecular formula is C17H28IN3O3. The van der Waals surface area contributed by atoms with Crippen LogP contribution in [0.5, 0.6) is 5.75 Å². The van der Waals surface area contributed by atoms with Gasteiger partial charge in [0, 0.05) is 20.2 Å². The van der Waals surface area contributed by atoms with Gasteiger partial charge in [-0.25, -0.2) is 0 Å². The van der Waals surface area contributed by atoms with E-state index in [9.17, 15) is 5.11 Å². The molecule has 1 rings (SSSR count). The second-order valence-electron chi connectivity index (χ2n) is 5.06. The Morgan fingerprint density at radius 2 is 2.21 bits per heavy atom. The summed E-state index contributed by atoms with van der Waals surface area (Å²) in [6.07, 6.45) is 1.06. The fourth-order valence-corrected chi connectivity index (χ4v) is 1.76. The van der Waals surface area contributed by atoms with Crippen LogP contribution in [0.15, 0.2) is 41.9 Å². The van der Waals surface area contributed by atoms with Gasteiger partial charge in [0.1, 0.15) is 18.5 Å². The number of aryl methyl sites for hydroxylation is 1. The minimum Gasteiger partial charge on any atom is -0.491 e. The predicted octanol–water partition coefficient (Wildman–Crippen LogP) is 1.72. The molecule has 0 amide bonds. The van der Waals surface area contributed by atoms with Gasteiger partial charge in [0.15, 0.2) is 5.96 Å². The average molecular weight is 449 g/mol. The van der Waals surface area contributed by atoms with Crippen LogP contribution < -0.4 is 15.4 Å². The maximum Gasteiger partial charge on any atom is 0.191 e. The van der Waals surface area contributed by atoms with Gasteiger partial charge in [-0.05, 0) is 24.6 Å². The Kier molecular flexibility index (Phi) is 13.3.